The van der Waals surface area contributed by atoms with Crippen molar-refractivity contribution in [2.75, 3.05) is 18.0 Å². The minimum Gasteiger partial charge on any atom is -0.371 e. The number of carbonyl (C=O) groups excluding carboxylic acids is 1. The molecule has 1 fully saturated rings. The highest BCUT2D eigenvalue weighted by Crippen LogP contribution is 2.27. The number of anilines is 1. The van der Waals surface area contributed by atoms with Gasteiger partial charge in [-0.1, -0.05) is 0 Å². The Morgan fingerprint density at radius 2 is 1.59 bits per heavy atom. The number of nitro groups is 2. The molecule has 10 heteroatoms. The number of nitrogens with one attached hydrogen (secondary N) is 1. The van der Waals surface area contributed by atoms with Crippen molar-refractivity contribution in [1.29, 1.82) is 0 Å². The van der Waals surface area contributed by atoms with Gasteiger partial charge in [0, 0.05) is 54.2 Å². The maximum absolute atomic E-state index is 12.2. The standard InChI is InChI=1S/C19H19N5O5/c25-19(14-4-6-16(7-5-14)23(26)27)21-20-13-15-12-17(24(28)29)8-9-18(15)22-10-2-1-3-11-22/h4-9,12-13H,1-3,10-11H2,(H,21,25)/b20-13-. The van der Waals surface area contributed by atoms with Crippen LogP contribution < -0.4 is 10.3 Å². The quantitative estimate of drug-likeness (QED) is 0.452. The van der Waals surface area contributed by atoms with Crippen molar-refractivity contribution < 1.29 is 14.6 Å². The van der Waals surface area contributed by atoms with Crippen molar-refractivity contribution in [1.82, 2.24) is 5.43 Å². The molecule has 1 N–H and O–H groups in total. The van der Waals surface area contributed by atoms with E-state index in [0.29, 0.717) is 5.56 Å². The number of hydrogen-bond donors (Lipinski definition) is 1. The summed E-state index contributed by atoms with van der Waals surface area (Å²) >= 11 is 0. The summed E-state index contributed by atoms with van der Waals surface area (Å²) in [6.07, 6.45) is 4.62. The smallest absolute Gasteiger partial charge is 0.271 e. The molecule has 0 unspecified atom stereocenters. The summed E-state index contributed by atoms with van der Waals surface area (Å²) in [4.78, 5) is 35.1. The Hall–Kier alpha value is -3.82. The molecule has 29 heavy (non-hydrogen) atoms. The normalized spacial score (nSPS) is 14.0. The number of nitro benzene ring substituents is 2. The van der Waals surface area contributed by atoms with Gasteiger partial charge in [0.2, 0.25) is 0 Å². The van der Waals surface area contributed by atoms with Crippen molar-refractivity contribution in [2.45, 2.75) is 19.3 Å². The number of piperidine rings is 1. The first kappa shape index (κ1) is 19.9. The van der Waals surface area contributed by atoms with Crippen LogP contribution in [0.1, 0.15) is 35.2 Å². The second kappa shape index (κ2) is 8.91. The van der Waals surface area contributed by atoms with Crippen molar-refractivity contribution in [3.8, 4) is 0 Å². The Bertz CT molecular complexity index is 952. The molecular weight excluding hydrogens is 378 g/mol. The lowest BCUT2D eigenvalue weighted by Gasteiger charge is -2.29. The summed E-state index contributed by atoms with van der Waals surface area (Å²) in [5.74, 6) is -0.541. The monoisotopic (exact) mass is 397 g/mol. The van der Waals surface area contributed by atoms with Gasteiger partial charge in [0.15, 0.2) is 0 Å². The van der Waals surface area contributed by atoms with E-state index in [2.05, 4.69) is 15.4 Å². The largest absolute Gasteiger partial charge is 0.371 e. The molecule has 0 aliphatic carbocycles. The summed E-state index contributed by atoms with van der Waals surface area (Å²) in [7, 11) is 0. The minimum absolute atomic E-state index is 0.0612. The predicted octanol–water partition coefficient (Wildman–Crippen LogP) is 3.26. The van der Waals surface area contributed by atoms with Crippen LogP contribution in [-0.2, 0) is 0 Å². The third kappa shape index (κ3) is 4.92. The Morgan fingerprint density at radius 1 is 0.966 bits per heavy atom. The highest BCUT2D eigenvalue weighted by Gasteiger charge is 2.17. The number of hydrogen-bond acceptors (Lipinski definition) is 7. The fraction of sp³-hybridized carbons (Fsp3) is 0.263. The Kier molecular flexibility index (Phi) is 6.12. The van der Waals surface area contributed by atoms with Gasteiger partial charge in [-0.25, -0.2) is 5.43 Å². The van der Waals surface area contributed by atoms with E-state index in [0.717, 1.165) is 38.0 Å². The van der Waals surface area contributed by atoms with Crippen molar-refractivity contribution in [3.05, 3.63) is 73.8 Å². The number of hydrazone groups is 1. The second-order valence-corrected chi connectivity index (χ2v) is 6.55. The van der Waals surface area contributed by atoms with E-state index in [-0.39, 0.29) is 16.9 Å². The van der Waals surface area contributed by atoms with Crippen LogP contribution in [0.4, 0.5) is 17.1 Å². The Balaban J connectivity index is 1.77. The van der Waals surface area contributed by atoms with Crippen LogP contribution in [0, 0.1) is 20.2 Å². The van der Waals surface area contributed by atoms with Gasteiger partial charge in [-0.05, 0) is 37.5 Å². The first-order valence-electron chi connectivity index (χ1n) is 9.07. The molecule has 3 rings (SSSR count). The molecule has 1 heterocycles. The van der Waals surface area contributed by atoms with Gasteiger partial charge in [0.1, 0.15) is 0 Å². The second-order valence-electron chi connectivity index (χ2n) is 6.55. The van der Waals surface area contributed by atoms with E-state index in [1.54, 1.807) is 6.07 Å². The average molecular weight is 397 g/mol. The molecule has 10 nitrogen and oxygen atoms in total. The van der Waals surface area contributed by atoms with Gasteiger partial charge in [-0.2, -0.15) is 5.10 Å². The van der Waals surface area contributed by atoms with Crippen LogP contribution in [0.2, 0.25) is 0 Å². The van der Waals surface area contributed by atoms with Crippen LogP contribution in [-0.4, -0.2) is 35.1 Å². The van der Waals surface area contributed by atoms with Gasteiger partial charge < -0.3 is 4.90 Å². The molecule has 2 aromatic rings. The van der Waals surface area contributed by atoms with Crippen molar-refractivity contribution in [3.63, 3.8) is 0 Å². The lowest BCUT2D eigenvalue weighted by Crippen LogP contribution is -2.30. The van der Waals surface area contributed by atoms with Crippen LogP contribution in [0.5, 0.6) is 0 Å². The van der Waals surface area contributed by atoms with Crippen molar-refractivity contribution >= 4 is 29.2 Å². The van der Waals surface area contributed by atoms with E-state index in [9.17, 15) is 25.0 Å². The first-order chi connectivity index (χ1) is 14.0. The van der Waals surface area contributed by atoms with Crippen LogP contribution >= 0.6 is 0 Å². The maximum Gasteiger partial charge on any atom is 0.271 e. The zero-order valence-corrected chi connectivity index (χ0v) is 15.5. The molecular formula is C19H19N5O5. The molecule has 0 radical (unpaired) electrons. The molecule has 0 aromatic heterocycles. The third-order valence-corrected chi connectivity index (χ3v) is 4.63. The molecule has 1 aliphatic rings. The summed E-state index contributed by atoms with van der Waals surface area (Å²) in [6, 6.07) is 9.69. The Morgan fingerprint density at radius 3 is 2.21 bits per heavy atom. The molecule has 2 aromatic carbocycles. The zero-order valence-electron chi connectivity index (χ0n) is 15.5. The van der Waals surface area contributed by atoms with E-state index in [1.165, 1.54) is 42.6 Å². The summed E-state index contributed by atoms with van der Waals surface area (Å²) in [5.41, 5.74) is 3.73. The number of nitrogens with zero attached hydrogens (tertiary/aromatic N) is 4. The summed E-state index contributed by atoms with van der Waals surface area (Å²) < 4.78 is 0. The summed E-state index contributed by atoms with van der Waals surface area (Å²) in [6.45, 7) is 1.71. The fourth-order valence-corrected chi connectivity index (χ4v) is 3.14. The molecule has 0 spiro atoms. The Labute approximate surface area is 166 Å². The van der Waals surface area contributed by atoms with Gasteiger partial charge in [0.25, 0.3) is 17.3 Å². The molecule has 150 valence electrons. The third-order valence-electron chi connectivity index (χ3n) is 4.63. The van der Waals surface area contributed by atoms with Gasteiger partial charge in [-0.15, -0.1) is 0 Å². The lowest BCUT2D eigenvalue weighted by molar-refractivity contribution is -0.385. The molecule has 0 atom stereocenters. The van der Waals surface area contributed by atoms with Crippen LogP contribution in [0.3, 0.4) is 0 Å². The van der Waals surface area contributed by atoms with E-state index in [1.807, 2.05) is 0 Å². The number of rotatable bonds is 6. The fourth-order valence-electron chi connectivity index (χ4n) is 3.14. The van der Waals surface area contributed by atoms with Crippen LogP contribution in [0.25, 0.3) is 0 Å². The number of carbonyl (C=O) groups is 1. The van der Waals surface area contributed by atoms with Crippen molar-refractivity contribution in [2.24, 2.45) is 5.10 Å². The zero-order chi connectivity index (χ0) is 20.8. The number of benzene rings is 2. The van der Waals surface area contributed by atoms with E-state index in [4.69, 9.17) is 0 Å². The predicted molar refractivity (Wildman–Crippen MR) is 107 cm³/mol. The van der Waals surface area contributed by atoms with E-state index < -0.39 is 15.8 Å². The molecule has 0 bridgehead atoms. The van der Waals surface area contributed by atoms with Gasteiger partial charge in [-0.3, -0.25) is 25.0 Å². The highest BCUT2D eigenvalue weighted by atomic mass is 16.6. The highest BCUT2D eigenvalue weighted by molar-refractivity contribution is 5.96. The van der Waals surface area contributed by atoms with Gasteiger partial charge >= 0.3 is 0 Å². The molecule has 1 aliphatic heterocycles. The van der Waals surface area contributed by atoms with Crippen LogP contribution in [0.15, 0.2) is 47.6 Å². The molecule has 1 amide bonds. The summed E-state index contributed by atoms with van der Waals surface area (Å²) in [5, 5.41) is 25.7. The lowest BCUT2D eigenvalue weighted by atomic mass is 10.1. The maximum atomic E-state index is 12.2. The van der Waals surface area contributed by atoms with E-state index >= 15 is 0 Å². The average Bonchev–Trinajstić information content (AvgIpc) is 2.74. The number of non-ortho nitro benzene ring substituents is 2. The molecule has 0 saturated carbocycles. The SMILES string of the molecule is O=C(N/N=C\c1cc([N+](=O)[O-])ccc1N1CCCCC1)c1ccc([N+](=O)[O-])cc1. The first-order valence-corrected chi connectivity index (χ1v) is 9.07. The topological polar surface area (TPSA) is 131 Å². The minimum atomic E-state index is -0.551. The molecule has 1 saturated heterocycles. The number of amides is 1. The van der Waals surface area contributed by atoms with Gasteiger partial charge in [0.05, 0.1) is 16.1 Å².